The third-order valence-electron chi connectivity index (χ3n) is 1.11. The van der Waals surface area contributed by atoms with E-state index in [0.29, 0.717) is 0 Å². The van der Waals surface area contributed by atoms with E-state index in [9.17, 15) is 4.79 Å². The molecule has 0 spiro atoms. The van der Waals surface area contributed by atoms with Crippen molar-refractivity contribution < 1.29 is 24.8 Å². The van der Waals surface area contributed by atoms with Crippen LogP contribution < -0.4 is 5.73 Å². The summed E-state index contributed by atoms with van der Waals surface area (Å²) < 4.78 is 4.52. The molecular weight excluding hydrogens is 166 g/mol. The molecule has 1 atom stereocenters. The number of hydrogen-bond donors (Lipinski definition) is 3. The second-order valence-electron chi connectivity index (χ2n) is 2.15. The summed E-state index contributed by atoms with van der Waals surface area (Å²) in [5.41, 5.74) is 5.05. The van der Waals surface area contributed by atoms with Crippen LogP contribution in [0.1, 0.15) is 6.42 Å². The van der Waals surface area contributed by atoms with Crippen LogP contribution in [-0.4, -0.2) is 42.2 Å². The van der Waals surface area contributed by atoms with Crippen LogP contribution in [0.4, 0.5) is 0 Å². The molecule has 6 nitrogen and oxygen atoms in total. The lowest BCUT2D eigenvalue weighted by Crippen LogP contribution is -2.24. The molecule has 0 fully saturated rings. The van der Waals surface area contributed by atoms with E-state index in [0.717, 1.165) is 0 Å². The van der Waals surface area contributed by atoms with Crippen LogP contribution >= 0.6 is 0 Å². The molecule has 72 valence electrons. The Labute approximate surface area is 69.8 Å². The molecule has 0 aliphatic heterocycles. The van der Waals surface area contributed by atoms with Crippen molar-refractivity contribution in [1.29, 1.82) is 0 Å². The number of nitrogens with two attached hydrogens (primary N) is 1. The van der Waals surface area contributed by atoms with Gasteiger partial charge >= 0.3 is 5.97 Å². The highest BCUT2D eigenvalue weighted by atomic mass is 17.1. The number of ether oxygens (including phenoxy) is 1. The molecule has 0 saturated heterocycles. The maximum absolute atomic E-state index is 10.7. The Balaban J connectivity index is 3.33. The summed E-state index contributed by atoms with van der Waals surface area (Å²) in [6.07, 6.45) is -1.00. The van der Waals surface area contributed by atoms with E-state index in [2.05, 4.69) is 9.62 Å². The minimum atomic E-state index is -0.868. The first-order chi connectivity index (χ1) is 5.70. The highest BCUT2D eigenvalue weighted by Crippen LogP contribution is 1.92. The third kappa shape index (κ3) is 6.05. The first-order valence-electron chi connectivity index (χ1n) is 3.50. The van der Waals surface area contributed by atoms with Gasteiger partial charge in [0.1, 0.15) is 13.2 Å². The van der Waals surface area contributed by atoms with Gasteiger partial charge in [-0.1, -0.05) is 0 Å². The molecular formula is C6H13NO5. The Morgan fingerprint density at radius 3 is 2.67 bits per heavy atom. The number of carbonyl (C=O) groups excluding carboxylic acids is 1. The molecule has 0 aliphatic carbocycles. The van der Waals surface area contributed by atoms with E-state index in [4.69, 9.17) is 16.1 Å². The van der Waals surface area contributed by atoms with Crippen LogP contribution in [0, 0.1) is 0 Å². The lowest BCUT2D eigenvalue weighted by molar-refractivity contribution is -0.248. The summed E-state index contributed by atoms with van der Waals surface area (Å²) in [6, 6.07) is 0. The highest BCUT2D eigenvalue weighted by molar-refractivity contribution is 5.69. The van der Waals surface area contributed by atoms with Crippen LogP contribution in [-0.2, 0) is 14.4 Å². The van der Waals surface area contributed by atoms with Crippen molar-refractivity contribution in [2.75, 3.05) is 19.8 Å². The van der Waals surface area contributed by atoms with Crippen molar-refractivity contribution in [1.82, 2.24) is 0 Å². The monoisotopic (exact) mass is 179 g/mol. The van der Waals surface area contributed by atoms with Crippen molar-refractivity contribution >= 4 is 5.97 Å². The van der Waals surface area contributed by atoms with Crippen LogP contribution in [0.25, 0.3) is 0 Å². The molecule has 0 aromatic heterocycles. The van der Waals surface area contributed by atoms with Gasteiger partial charge in [0.15, 0.2) is 0 Å². The van der Waals surface area contributed by atoms with Gasteiger partial charge in [-0.05, 0) is 0 Å². The van der Waals surface area contributed by atoms with Gasteiger partial charge in [0.2, 0.25) is 0 Å². The molecule has 0 heterocycles. The molecule has 0 aromatic rings. The summed E-state index contributed by atoms with van der Waals surface area (Å²) in [6.45, 7) is -0.0946. The zero-order valence-corrected chi connectivity index (χ0v) is 6.60. The molecule has 4 N–H and O–H groups in total. The Morgan fingerprint density at radius 1 is 1.50 bits per heavy atom. The van der Waals surface area contributed by atoms with Crippen LogP contribution in [0.3, 0.4) is 0 Å². The summed E-state index contributed by atoms with van der Waals surface area (Å²) >= 11 is 0. The molecule has 0 amide bonds. The van der Waals surface area contributed by atoms with Gasteiger partial charge in [-0.2, -0.15) is 0 Å². The number of hydrogen-bond acceptors (Lipinski definition) is 6. The number of rotatable bonds is 6. The van der Waals surface area contributed by atoms with Gasteiger partial charge in [-0.3, -0.25) is 10.1 Å². The highest BCUT2D eigenvalue weighted by Gasteiger charge is 2.09. The largest absolute Gasteiger partial charge is 0.463 e. The minimum absolute atomic E-state index is 0.0194. The zero-order chi connectivity index (χ0) is 9.40. The second-order valence-corrected chi connectivity index (χ2v) is 2.15. The topological polar surface area (TPSA) is 102 Å². The number of carbonyl (C=O) groups is 1. The fourth-order valence-electron chi connectivity index (χ4n) is 0.527. The average molecular weight is 179 g/mol. The summed E-state index contributed by atoms with van der Waals surface area (Å²) in [5, 5.41) is 16.7. The maximum Gasteiger partial charge on any atom is 0.308 e. The SMILES string of the molecule is NCC(O)CC(=O)OCCOO. The average Bonchev–Trinajstić information content (AvgIpc) is 2.05. The summed E-state index contributed by atoms with van der Waals surface area (Å²) in [7, 11) is 0. The van der Waals surface area contributed by atoms with E-state index in [1.807, 2.05) is 0 Å². The smallest absolute Gasteiger partial charge is 0.308 e. The first kappa shape index (κ1) is 11.3. The third-order valence-corrected chi connectivity index (χ3v) is 1.11. The molecule has 0 radical (unpaired) electrons. The summed E-state index contributed by atoms with van der Waals surface area (Å²) in [4.78, 5) is 14.4. The van der Waals surface area contributed by atoms with Crippen molar-refractivity contribution in [3.05, 3.63) is 0 Å². The quantitative estimate of drug-likeness (QED) is 0.203. The number of aliphatic hydroxyl groups excluding tert-OH is 1. The fraction of sp³-hybridized carbons (Fsp3) is 0.833. The lowest BCUT2D eigenvalue weighted by atomic mass is 10.2. The van der Waals surface area contributed by atoms with Gasteiger partial charge in [0.25, 0.3) is 0 Å². The van der Waals surface area contributed by atoms with Crippen molar-refractivity contribution in [3.63, 3.8) is 0 Å². The standard InChI is InChI=1S/C6H13NO5/c7-4-5(8)3-6(9)11-1-2-12-10/h5,8,10H,1-4,7H2. The van der Waals surface area contributed by atoms with E-state index >= 15 is 0 Å². The van der Waals surface area contributed by atoms with Gasteiger partial charge in [-0.15, -0.1) is 0 Å². The van der Waals surface area contributed by atoms with Gasteiger partial charge < -0.3 is 15.6 Å². The summed E-state index contributed by atoms with van der Waals surface area (Å²) in [5.74, 6) is -0.565. The Kier molecular flexibility index (Phi) is 6.58. The van der Waals surface area contributed by atoms with Gasteiger partial charge in [0.05, 0.1) is 12.5 Å². The molecule has 12 heavy (non-hydrogen) atoms. The molecule has 6 heteroatoms. The number of aliphatic hydroxyl groups is 1. The second kappa shape index (κ2) is 6.99. The molecule has 0 aromatic carbocycles. The first-order valence-corrected chi connectivity index (χ1v) is 3.50. The molecule has 0 saturated carbocycles. The van der Waals surface area contributed by atoms with E-state index in [1.165, 1.54) is 0 Å². The fourth-order valence-corrected chi connectivity index (χ4v) is 0.527. The van der Waals surface area contributed by atoms with E-state index in [-0.39, 0.29) is 26.2 Å². The number of esters is 1. The van der Waals surface area contributed by atoms with E-state index in [1.54, 1.807) is 0 Å². The predicted molar refractivity (Wildman–Crippen MR) is 39.2 cm³/mol. The van der Waals surface area contributed by atoms with Crippen molar-refractivity contribution in [2.45, 2.75) is 12.5 Å². The normalized spacial score (nSPS) is 12.6. The molecule has 1 unspecified atom stereocenters. The Bertz CT molecular complexity index is 129. The van der Waals surface area contributed by atoms with Gasteiger partial charge in [0, 0.05) is 6.54 Å². The van der Waals surface area contributed by atoms with Crippen molar-refractivity contribution in [2.24, 2.45) is 5.73 Å². The van der Waals surface area contributed by atoms with E-state index < -0.39 is 12.1 Å². The van der Waals surface area contributed by atoms with Crippen LogP contribution in [0.5, 0.6) is 0 Å². The minimum Gasteiger partial charge on any atom is -0.463 e. The van der Waals surface area contributed by atoms with Crippen LogP contribution in [0.15, 0.2) is 0 Å². The molecule has 0 aliphatic rings. The lowest BCUT2D eigenvalue weighted by Gasteiger charge is -2.06. The predicted octanol–water partition coefficient (Wildman–Crippen LogP) is -1.27. The van der Waals surface area contributed by atoms with Gasteiger partial charge in [-0.25, -0.2) is 4.89 Å². The molecule has 0 bridgehead atoms. The molecule has 0 rings (SSSR count). The van der Waals surface area contributed by atoms with Crippen LogP contribution in [0.2, 0.25) is 0 Å². The van der Waals surface area contributed by atoms with Crippen molar-refractivity contribution in [3.8, 4) is 0 Å². The Morgan fingerprint density at radius 2 is 2.17 bits per heavy atom. The Hall–Kier alpha value is -0.690. The zero-order valence-electron chi connectivity index (χ0n) is 6.60. The maximum atomic E-state index is 10.7.